The SMILES string of the molecule is O=C(O)[C@H]1CCCN1C(=O)c1ccc(SC(F)F)cc1. The molecule has 0 saturated carbocycles. The normalized spacial score (nSPS) is 18.6. The molecule has 1 aromatic rings. The van der Waals surface area contributed by atoms with Crippen LogP contribution >= 0.6 is 11.8 Å². The van der Waals surface area contributed by atoms with Crippen molar-refractivity contribution < 1.29 is 23.5 Å². The molecule has 1 aromatic carbocycles. The van der Waals surface area contributed by atoms with Crippen molar-refractivity contribution >= 4 is 23.6 Å². The van der Waals surface area contributed by atoms with Gasteiger partial charge in [0.05, 0.1) is 0 Å². The average Bonchev–Trinajstić information content (AvgIpc) is 2.87. The lowest BCUT2D eigenvalue weighted by atomic mass is 10.1. The number of halogens is 2. The van der Waals surface area contributed by atoms with Gasteiger partial charge in [0, 0.05) is 17.0 Å². The van der Waals surface area contributed by atoms with E-state index in [0.29, 0.717) is 41.6 Å². The fourth-order valence-electron chi connectivity index (χ4n) is 2.21. The number of alkyl halides is 2. The van der Waals surface area contributed by atoms with E-state index in [2.05, 4.69) is 0 Å². The second-order valence-electron chi connectivity index (χ2n) is 4.40. The number of amides is 1. The van der Waals surface area contributed by atoms with Crippen LogP contribution in [-0.2, 0) is 4.79 Å². The summed E-state index contributed by atoms with van der Waals surface area (Å²) in [5.74, 6) is -3.89. The summed E-state index contributed by atoms with van der Waals surface area (Å²) in [4.78, 5) is 24.9. The Morgan fingerprint density at radius 1 is 1.30 bits per heavy atom. The lowest BCUT2D eigenvalue weighted by Gasteiger charge is -2.21. The van der Waals surface area contributed by atoms with Crippen molar-refractivity contribution in [2.45, 2.75) is 29.5 Å². The standard InChI is InChI=1S/C13H13F2NO3S/c14-13(15)20-9-5-3-8(4-6-9)11(17)16-7-1-2-10(16)12(18)19/h3-6,10,13H,1-2,7H2,(H,18,19)/t10-/m1/s1. The largest absolute Gasteiger partial charge is 0.480 e. The molecule has 108 valence electrons. The fourth-order valence-corrected chi connectivity index (χ4v) is 2.71. The molecule has 0 bridgehead atoms. The van der Waals surface area contributed by atoms with Gasteiger partial charge in [0.15, 0.2) is 0 Å². The third-order valence-corrected chi connectivity index (χ3v) is 3.85. The van der Waals surface area contributed by atoms with Gasteiger partial charge in [0.25, 0.3) is 11.7 Å². The van der Waals surface area contributed by atoms with E-state index in [4.69, 9.17) is 5.11 Å². The second kappa shape index (κ2) is 6.21. The Bertz CT molecular complexity index is 507. The summed E-state index contributed by atoms with van der Waals surface area (Å²) >= 11 is 0.404. The molecule has 1 amide bonds. The highest BCUT2D eigenvalue weighted by Gasteiger charge is 2.34. The molecule has 0 unspecified atom stereocenters. The molecule has 1 aliphatic rings. The number of nitrogens with zero attached hydrogens (tertiary/aromatic N) is 1. The lowest BCUT2D eigenvalue weighted by molar-refractivity contribution is -0.141. The predicted molar refractivity (Wildman–Crippen MR) is 70.0 cm³/mol. The van der Waals surface area contributed by atoms with Crippen LogP contribution < -0.4 is 0 Å². The molecule has 1 fully saturated rings. The van der Waals surface area contributed by atoms with Gasteiger partial charge in [-0.1, -0.05) is 11.8 Å². The number of aliphatic carboxylic acids is 1. The molecule has 2 rings (SSSR count). The number of thioether (sulfide) groups is 1. The van der Waals surface area contributed by atoms with Crippen LogP contribution in [0.1, 0.15) is 23.2 Å². The summed E-state index contributed by atoms with van der Waals surface area (Å²) in [5.41, 5.74) is 0.316. The molecule has 7 heteroatoms. The molecule has 1 atom stereocenters. The Morgan fingerprint density at radius 3 is 2.50 bits per heavy atom. The van der Waals surface area contributed by atoms with Crippen molar-refractivity contribution in [1.29, 1.82) is 0 Å². The number of rotatable bonds is 4. The third kappa shape index (κ3) is 3.27. The highest BCUT2D eigenvalue weighted by Crippen LogP contribution is 2.26. The Hall–Kier alpha value is -1.63. The maximum Gasteiger partial charge on any atom is 0.326 e. The number of hydrogen-bond donors (Lipinski definition) is 1. The zero-order valence-electron chi connectivity index (χ0n) is 10.5. The van der Waals surface area contributed by atoms with Crippen LogP contribution in [-0.4, -0.2) is 40.2 Å². The number of benzene rings is 1. The number of carboxylic acid groups (broad SMARTS) is 1. The van der Waals surface area contributed by atoms with Crippen LogP contribution in [0.15, 0.2) is 29.2 Å². The van der Waals surface area contributed by atoms with E-state index in [9.17, 15) is 18.4 Å². The van der Waals surface area contributed by atoms with Gasteiger partial charge in [-0.3, -0.25) is 4.79 Å². The van der Waals surface area contributed by atoms with Crippen molar-refractivity contribution in [3.05, 3.63) is 29.8 Å². The van der Waals surface area contributed by atoms with E-state index >= 15 is 0 Å². The molecule has 20 heavy (non-hydrogen) atoms. The minimum absolute atomic E-state index is 0.316. The maximum absolute atomic E-state index is 12.2. The molecule has 1 aliphatic heterocycles. The number of likely N-dealkylation sites (tertiary alicyclic amines) is 1. The van der Waals surface area contributed by atoms with Crippen molar-refractivity contribution in [3.8, 4) is 0 Å². The van der Waals surface area contributed by atoms with Crippen LogP contribution in [0.3, 0.4) is 0 Å². The summed E-state index contributed by atoms with van der Waals surface area (Å²) < 4.78 is 24.4. The van der Waals surface area contributed by atoms with Crippen LogP contribution in [0.25, 0.3) is 0 Å². The van der Waals surface area contributed by atoms with Crippen molar-refractivity contribution in [2.24, 2.45) is 0 Å². The topological polar surface area (TPSA) is 57.6 Å². The molecule has 4 nitrogen and oxygen atoms in total. The molecule has 1 N–H and O–H groups in total. The summed E-state index contributed by atoms with van der Waals surface area (Å²) in [6, 6.07) is 4.98. The molecular formula is C13H13F2NO3S. The molecule has 0 spiro atoms. The highest BCUT2D eigenvalue weighted by atomic mass is 32.2. The lowest BCUT2D eigenvalue weighted by Crippen LogP contribution is -2.40. The number of carbonyl (C=O) groups is 2. The van der Waals surface area contributed by atoms with Crippen LogP contribution in [0.2, 0.25) is 0 Å². The van der Waals surface area contributed by atoms with E-state index < -0.39 is 17.8 Å². The number of hydrogen-bond acceptors (Lipinski definition) is 3. The maximum atomic E-state index is 12.2. The average molecular weight is 301 g/mol. The van der Waals surface area contributed by atoms with Gasteiger partial charge in [0.1, 0.15) is 6.04 Å². The smallest absolute Gasteiger partial charge is 0.326 e. The quantitative estimate of drug-likeness (QED) is 0.869. The third-order valence-electron chi connectivity index (χ3n) is 3.13. The van der Waals surface area contributed by atoms with Gasteiger partial charge >= 0.3 is 5.97 Å². The molecule has 1 heterocycles. The van der Waals surface area contributed by atoms with E-state index in [1.807, 2.05) is 0 Å². The van der Waals surface area contributed by atoms with Gasteiger partial charge in [-0.2, -0.15) is 8.78 Å². The first kappa shape index (κ1) is 14.8. The minimum Gasteiger partial charge on any atom is -0.480 e. The van der Waals surface area contributed by atoms with Crippen LogP contribution in [0, 0.1) is 0 Å². The molecule has 0 aromatic heterocycles. The Balaban J connectivity index is 2.11. The van der Waals surface area contributed by atoms with Crippen LogP contribution in [0.5, 0.6) is 0 Å². The zero-order chi connectivity index (χ0) is 14.7. The molecule has 0 radical (unpaired) electrons. The zero-order valence-corrected chi connectivity index (χ0v) is 11.3. The monoisotopic (exact) mass is 301 g/mol. The first-order valence-corrected chi connectivity index (χ1v) is 6.95. The highest BCUT2D eigenvalue weighted by molar-refractivity contribution is 7.99. The second-order valence-corrected chi connectivity index (χ2v) is 5.46. The van der Waals surface area contributed by atoms with Gasteiger partial charge < -0.3 is 10.0 Å². The van der Waals surface area contributed by atoms with Gasteiger partial charge in [-0.25, -0.2) is 4.79 Å². The molecule has 1 saturated heterocycles. The molecular weight excluding hydrogens is 288 g/mol. The van der Waals surface area contributed by atoms with Gasteiger partial charge in [-0.15, -0.1) is 0 Å². The van der Waals surface area contributed by atoms with E-state index in [1.165, 1.54) is 29.2 Å². The predicted octanol–water partition coefficient (Wildman–Crippen LogP) is 2.69. The summed E-state index contributed by atoms with van der Waals surface area (Å²) in [7, 11) is 0. The first-order chi connectivity index (χ1) is 9.49. The fraction of sp³-hybridized carbons (Fsp3) is 0.385. The van der Waals surface area contributed by atoms with Crippen molar-refractivity contribution in [3.63, 3.8) is 0 Å². The first-order valence-electron chi connectivity index (χ1n) is 6.07. The van der Waals surface area contributed by atoms with Crippen molar-refractivity contribution in [2.75, 3.05) is 6.54 Å². The Kier molecular flexibility index (Phi) is 4.59. The van der Waals surface area contributed by atoms with Crippen molar-refractivity contribution in [1.82, 2.24) is 4.90 Å². The summed E-state index contributed by atoms with van der Waals surface area (Å²) in [6.07, 6.45) is 1.10. The number of carbonyl (C=O) groups excluding carboxylic acids is 1. The van der Waals surface area contributed by atoms with Gasteiger partial charge in [-0.05, 0) is 37.1 Å². The molecule has 0 aliphatic carbocycles. The van der Waals surface area contributed by atoms with Gasteiger partial charge in [0.2, 0.25) is 0 Å². The van der Waals surface area contributed by atoms with Crippen LogP contribution in [0.4, 0.5) is 8.78 Å². The Labute approximate surface area is 118 Å². The van der Waals surface area contributed by atoms with E-state index in [1.54, 1.807) is 0 Å². The van der Waals surface area contributed by atoms with E-state index in [-0.39, 0.29) is 5.91 Å². The van der Waals surface area contributed by atoms with E-state index in [0.717, 1.165) is 0 Å². The minimum atomic E-state index is -2.51. The number of carboxylic acids is 1. The summed E-state index contributed by atoms with van der Waals surface area (Å²) in [5, 5.41) is 9.04. The Morgan fingerprint density at radius 2 is 1.95 bits per heavy atom. The summed E-state index contributed by atoms with van der Waals surface area (Å²) in [6.45, 7) is 0.406.